The molecule has 7 heteroatoms. The van der Waals surface area contributed by atoms with Crippen molar-refractivity contribution in [3.63, 3.8) is 0 Å². The number of nitrogens with zero attached hydrogens (tertiary/aromatic N) is 1. The Labute approximate surface area is 142 Å². The first-order chi connectivity index (χ1) is 11.1. The van der Waals surface area contributed by atoms with Crippen LogP contribution in [0, 0.1) is 0 Å². The molecule has 5 nitrogen and oxygen atoms in total. The largest absolute Gasteiger partial charge is 0.460 e. The van der Waals surface area contributed by atoms with Gasteiger partial charge in [-0.15, -0.1) is 0 Å². The SMILES string of the molecule is NC1=C(OSCc2ccccn2)C(=O)C(c2ccc(Cl)cc2)O1. The van der Waals surface area contributed by atoms with E-state index in [1.807, 2.05) is 18.2 Å². The molecule has 118 valence electrons. The van der Waals surface area contributed by atoms with Crippen molar-refractivity contribution in [1.29, 1.82) is 0 Å². The summed E-state index contributed by atoms with van der Waals surface area (Å²) in [5.41, 5.74) is 7.28. The molecule has 23 heavy (non-hydrogen) atoms. The van der Waals surface area contributed by atoms with E-state index in [4.69, 9.17) is 26.3 Å². The molecule has 1 aliphatic rings. The number of hydrogen-bond acceptors (Lipinski definition) is 6. The minimum atomic E-state index is -0.794. The molecule has 1 aromatic carbocycles. The van der Waals surface area contributed by atoms with Crippen LogP contribution in [0.3, 0.4) is 0 Å². The topological polar surface area (TPSA) is 74.4 Å². The lowest BCUT2D eigenvalue weighted by atomic mass is 10.1. The summed E-state index contributed by atoms with van der Waals surface area (Å²) in [5.74, 6) is 0.212. The van der Waals surface area contributed by atoms with E-state index in [2.05, 4.69) is 4.98 Å². The first-order valence-corrected chi connectivity index (χ1v) is 8.09. The van der Waals surface area contributed by atoms with Gasteiger partial charge in [-0.05, 0) is 24.3 Å². The van der Waals surface area contributed by atoms with Crippen LogP contribution in [0.15, 0.2) is 60.3 Å². The Balaban J connectivity index is 1.63. The van der Waals surface area contributed by atoms with Gasteiger partial charge in [-0.2, -0.15) is 0 Å². The second kappa shape index (κ2) is 6.93. The number of carbonyl (C=O) groups is 1. The number of Topliss-reactive ketones (excluding diaryl/α,β-unsaturated/α-hetero) is 1. The summed E-state index contributed by atoms with van der Waals surface area (Å²) in [6.45, 7) is 0. The Morgan fingerprint density at radius 3 is 2.74 bits per heavy atom. The van der Waals surface area contributed by atoms with E-state index in [9.17, 15) is 4.79 Å². The molecule has 1 aromatic heterocycles. The number of pyridine rings is 1. The first-order valence-electron chi connectivity index (χ1n) is 6.80. The van der Waals surface area contributed by atoms with Crippen molar-refractivity contribution in [2.24, 2.45) is 5.73 Å². The fraction of sp³-hybridized carbons (Fsp3) is 0.125. The zero-order valence-corrected chi connectivity index (χ0v) is 13.5. The number of hydrogen-bond donors (Lipinski definition) is 1. The van der Waals surface area contributed by atoms with Gasteiger partial charge in [0.2, 0.25) is 17.4 Å². The molecule has 0 radical (unpaired) electrons. The van der Waals surface area contributed by atoms with Crippen molar-refractivity contribution in [3.8, 4) is 0 Å². The number of nitrogens with two attached hydrogens (primary N) is 1. The molecule has 2 N–H and O–H groups in total. The lowest BCUT2D eigenvalue weighted by molar-refractivity contribution is -0.122. The Morgan fingerprint density at radius 2 is 2.04 bits per heavy atom. The third-order valence-corrected chi connectivity index (χ3v) is 4.13. The van der Waals surface area contributed by atoms with Gasteiger partial charge in [-0.25, -0.2) is 0 Å². The standard InChI is InChI=1S/C16H13ClN2O3S/c17-11-6-4-10(5-7-11)14-13(20)15(16(18)21-14)22-23-9-12-3-1-2-8-19-12/h1-8,14H,9,18H2. The minimum Gasteiger partial charge on any atom is -0.460 e. The van der Waals surface area contributed by atoms with Crippen molar-refractivity contribution in [1.82, 2.24) is 4.98 Å². The fourth-order valence-electron chi connectivity index (χ4n) is 2.05. The second-order valence-corrected chi connectivity index (χ2v) is 5.90. The Kier molecular flexibility index (Phi) is 4.73. The highest BCUT2D eigenvalue weighted by molar-refractivity contribution is 7.94. The highest BCUT2D eigenvalue weighted by Crippen LogP contribution is 2.34. The molecular formula is C16H13ClN2O3S. The molecule has 0 bridgehead atoms. The number of benzene rings is 1. The average Bonchev–Trinajstić information content (AvgIpc) is 2.85. The number of rotatable bonds is 5. The number of halogens is 1. The molecule has 1 aliphatic heterocycles. The normalized spacial score (nSPS) is 17.3. The maximum atomic E-state index is 12.4. The van der Waals surface area contributed by atoms with Gasteiger partial charge in [0.1, 0.15) is 0 Å². The molecule has 1 atom stereocenters. The van der Waals surface area contributed by atoms with E-state index in [0.717, 1.165) is 17.7 Å². The van der Waals surface area contributed by atoms with Gasteiger partial charge in [0.15, 0.2) is 6.10 Å². The predicted octanol–water partition coefficient (Wildman–Crippen LogP) is 3.37. The average molecular weight is 349 g/mol. The van der Waals surface area contributed by atoms with Gasteiger partial charge >= 0.3 is 0 Å². The van der Waals surface area contributed by atoms with E-state index in [1.54, 1.807) is 30.5 Å². The van der Waals surface area contributed by atoms with Gasteiger partial charge in [0.25, 0.3) is 0 Å². The minimum absolute atomic E-state index is 0.0107. The molecule has 0 saturated heterocycles. The monoisotopic (exact) mass is 348 g/mol. The van der Waals surface area contributed by atoms with Gasteiger partial charge in [-0.3, -0.25) is 9.78 Å². The third-order valence-electron chi connectivity index (χ3n) is 3.18. The lowest BCUT2D eigenvalue weighted by Gasteiger charge is -2.09. The zero-order valence-electron chi connectivity index (χ0n) is 11.9. The molecule has 0 spiro atoms. The molecule has 2 heterocycles. The van der Waals surface area contributed by atoms with Crippen LogP contribution in [0.1, 0.15) is 17.4 Å². The number of aromatic nitrogens is 1. The van der Waals surface area contributed by atoms with Crippen LogP contribution >= 0.6 is 23.6 Å². The highest BCUT2D eigenvalue weighted by Gasteiger charge is 2.37. The van der Waals surface area contributed by atoms with Crippen molar-refractivity contribution in [3.05, 3.63) is 76.6 Å². The smallest absolute Gasteiger partial charge is 0.249 e. The maximum absolute atomic E-state index is 12.4. The van der Waals surface area contributed by atoms with Gasteiger partial charge in [0.05, 0.1) is 23.5 Å². The number of carbonyl (C=O) groups excluding carboxylic acids is 1. The van der Waals surface area contributed by atoms with Crippen LogP contribution in [0.2, 0.25) is 5.02 Å². The van der Waals surface area contributed by atoms with Crippen LogP contribution in [0.5, 0.6) is 0 Å². The number of ether oxygens (including phenoxy) is 1. The molecule has 0 saturated carbocycles. The maximum Gasteiger partial charge on any atom is 0.249 e. The molecule has 1 unspecified atom stereocenters. The molecular weight excluding hydrogens is 336 g/mol. The predicted molar refractivity (Wildman–Crippen MR) is 88.1 cm³/mol. The van der Waals surface area contributed by atoms with Crippen molar-refractivity contribution in [2.45, 2.75) is 11.9 Å². The van der Waals surface area contributed by atoms with E-state index in [0.29, 0.717) is 16.3 Å². The Morgan fingerprint density at radius 1 is 1.26 bits per heavy atom. The summed E-state index contributed by atoms with van der Waals surface area (Å²) in [7, 11) is 0. The Hall–Kier alpha value is -2.18. The van der Waals surface area contributed by atoms with Crippen LogP contribution in [0.25, 0.3) is 0 Å². The van der Waals surface area contributed by atoms with E-state index in [1.165, 1.54) is 0 Å². The van der Waals surface area contributed by atoms with Gasteiger partial charge in [-0.1, -0.05) is 29.8 Å². The van der Waals surface area contributed by atoms with Crippen LogP contribution in [-0.2, 0) is 19.5 Å². The molecule has 0 aliphatic carbocycles. The fourth-order valence-corrected chi connectivity index (χ4v) is 2.80. The molecule has 2 aromatic rings. The van der Waals surface area contributed by atoms with Gasteiger partial charge in [0, 0.05) is 16.8 Å². The highest BCUT2D eigenvalue weighted by atomic mass is 35.5. The summed E-state index contributed by atoms with van der Waals surface area (Å²) in [4.78, 5) is 16.6. The first kappa shape index (κ1) is 15.7. The van der Waals surface area contributed by atoms with Crippen LogP contribution in [0.4, 0.5) is 0 Å². The molecule has 0 amide bonds. The van der Waals surface area contributed by atoms with Crippen LogP contribution in [-0.4, -0.2) is 10.8 Å². The van der Waals surface area contributed by atoms with E-state index >= 15 is 0 Å². The van der Waals surface area contributed by atoms with Crippen molar-refractivity contribution in [2.75, 3.05) is 0 Å². The van der Waals surface area contributed by atoms with Crippen molar-refractivity contribution >= 4 is 29.4 Å². The lowest BCUT2D eigenvalue weighted by Crippen LogP contribution is -2.10. The summed E-state index contributed by atoms with van der Waals surface area (Å²) in [5, 5.41) is 0.586. The van der Waals surface area contributed by atoms with Gasteiger partial charge < -0.3 is 14.7 Å². The summed E-state index contributed by atoms with van der Waals surface area (Å²) >= 11 is 6.93. The molecule has 0 fully saturated rings. The zero-order chi connectivity index (χ0) is 16.2. The summed E-state index contributed by atoms with van der Waals surface area (Å²) < 4.78 is 10.9. The van der Waals surface area contributed by atoms with E-state index < -0.39 is 6.10 Å². The number of ketones is 1. The summed E-state index contributed by atoms with van der Waals surface area (Å²) in [6.07, 6.45) is 0.905. The van der Waals surface area contributed by atoms with Crippen LogP contribution < -0.4 is 5.73 Å². The van der Waals surface area contributed by atoms with E-state index in [-0.39, 0.29) is 17.4 Å². The quantitative estimate of drug-likeness (QED) is 0.835. The molecule has 3 rings (SSSR count). The third kappa shape index (κ3) is 3.60. The Bertz CT molecular complexity index is 735. The van der Waals surface area contributed by atoms with Crippen molar-refractivity contribution < 1.29 is 13.7 Å². The second-order valence-electron chi connectivity index (χ2n) is 4.77. The summed E-state index contributed by atoms with van der Waals surface area (Å²) in [6, 6.07) is 12.4.